The maximum absolute atomic E-state index is 12.8. The molecule has 2 N–H and O–H groups in total. The van der Waals surface area contributed by atoms with E-state index in [2.05, 4.69) is 31.2 Å². The van der Waals surface area contributed by atoms with Crippen molar-refractivity contribution in [3.63, 3.8) is 0 Å². The third-order valence-corrected chi connectivity index (χ3v) is 7.22. The number of piperidine rings is 1. The van der Waals surface area contributed by atoms with E-state index in [1.165, 1.54) is 0 Å². The highest BCUT2D eigenvalue weighted by molar-refractivity contribution is 6.07. The minimum absolute atomic E-state index is 0.0767. The van der Waals surface area contributed by atoms with Gasteiger partial charge in [-0.3, -0.25) is 14.8 Å². The van der Waals surface area contributed by atoms with Gasteiger partial charge in [0.2, 0.25) is 0 Å². The third-order valence-electron chi connectivity index (χ3n) is 7.22. The van der Waals surface area contributed by atoms with E-state index in [1.807, 2.05) is 6.07 Å². The van der Waals surface area contributed by atoms with Crippen molar-refractivity contribution in [3.8, 4) is 17.8 Å². The van der Waals surface area contributed by atoms with Gasteiger partial charge in [-0.1, -0.05) is 0 Å². The number of carbonyl (C=O) groups excluding carboxylic acids is 1. The molecule has 2 aromatic rings. The van der Waals surface area contributed by atoms with Crippen LogP contribution in [0.4, 0.5) is 5.82 Å². The molecule has 1 saturated heterocycles. The summed E-state index contributed by atoms with van der Waals surface area (Å²) < 4.78 is 11.4. The van der Waals surface area contributed by atoms with Crippen molar-refractivity contribution in [2.24, 2.45) is 16.3 Å². The first-order chi connectivity index (χ1) is 17.9. The van der Waals surface area contributed by atoms with Gasteiger partial charge >= 0.3 is 6.01 Å². The number of pyridine rings is 1. The highest BCUT2D eigenvalue weighted by atomic mass is 16.5. The Balaban J connectivity index is 1.32. The molecular formula is C26H31N7O4. The van der Waals surface area contributed by atoms with E-state index in [4.69, 9.17) is 14.5 Å². The van der Waals surface area contributed by atoms with Crippen LogP contribution < -0.4 is 19.7 Å². The lowest BCUT2D eigenvalue weighted by Crippen LogP contribution is -2.38. The number of nitriles is 1. The van der Waals surface area contributed by atoms with Gasteiger partial charge in [0.1, 0.15) is 23.9 Å². The lowest BCUT2D eigenvalue weighted by atomic mass is 9.88. The molecule has 1 saturated carbocycles. The van der Waals surface area contributed by atoms with Gasteiger partial charge in [0.15, 0.2) is 0 Å². The molecule has 11 nitrogen and oxygen atoms in total. The van der Waals surface area contributed by atoms with Crippen molar-refractivity contribution in [2.75, 3.05) is 38.3 Å². The van der Waals surface area contributed by atoms with Crippen molar-refractivity contribution >= 4 is 17.4 Å². The standard InChI is InChI=1S/C26H31N7O4/c1-16(13-34)30-24(35)18-11-21(32-25(31-18)37-15-26(14-27)6-7-26)33-9-4-17(5-10-33)23-22-19(12-29-23)28-8-3-20(22)36-2/h3,8,11,16-17,34H,4-7,9-10,12-13,15H2,1-2H3,(H,30,35)/t16-/m1/s1. The number of amides is 1. The van der Waals surface area contributed by atoms with Gasteiger partial charge in [-0.25, -0.2) is 0 Å². The molecule has 0 bridgehead atoms. The number of aromatic nitrogens is 3. The molecule has 0 aromatic carbocycles. The molecule has 0 unspecified atom stereocenters. The van der Waals surface area contributed by atoms with Crippen LogP contribution in [0.2, 0.25) is 0 Å². The second kappa shape index (κ2) is 10.3. The van der Waals surface area contributed by atoms with Crippen molar-refractivity contribution in [3.05, 3.63) is 35.3 Å². The minimum atomic E-state index is -0.486. The van der Waals surface area contributed by atoms with Gasteiger partial charge in [-0.05, 0) is 38.7 Å². The largest absolute Gasteiger partial charge is 0.496 e. The fourth-order valence-corrected chi connectivity index (χ4v) is 4.74. The molecule has 37 heavy (non-hydrogen) atoms. The number of ether oxygens (including phenoxy) is 2. The van der Waals surface area contributed by atoms with Gasteiger partial charge in [0.25, 0.3) is 5.91 Å². The van der Waals surface area contributed by atoms with Gasteiger partial charge in [0.05, 0.1) is 48.7 Å². The van der Waals surface area contributed by atoms with Crippen LogP contribution in [0.5, 0.6) is 11.8 Å². The van der Waals surface area contributed by atoms with Crippen molar-refractivity contribution in [2.45, 2.75) is 45.2 Å². The molecule has 1 amide bonds. The molecular weight excluding hydrogens is 474 g/mol. The molecule has 4 heterocycles. The summed E-state index contributed by atoms with van der Waals surface area (Å²) >= 11 is 0. The number of aliphatic hydroxyl groups excluding tert-OH is 1. The highest BCUT2D eigenvalue weighted by Crippen LogP contribution is 2.45. The molecule has 3 aliphatic rings. The van der Waals surface area contributed by atoms with Crippen LogP contribution in [0.15, 0.2) is 23.3 Å². The van der Waals surface area contributed by atoms with Crippen molar-refractivity contribution < 1.29 is 19.4 Å². The number of nitrogens with zero attached hydrogens (tertiary/aromatic N) is 6. The summed E-state index contributed by atoms with van der Waals surface area (Å²) in [5, 5.41) is 21.4. The Hall–Kier alpha value is -3.78. The van der Waals surface area contributed by atoms with Crippen molar-refractivity contribution in [1.29, 1.82) is 5.26 Å². The number of hydrogen-bond donors (Lipinski definition) is 2. The first-order valence-electron chi connectivity index (χ1n) is 12.6. The van der Waals surface area contributed by atoms with Crippen LogP contribution in [0, 0.1) is 22.7 Å². The van der Waals surface area contributed by atoms with E-state index in [0.717, 1.165) is 48.4 Å². The number of rotatable bonds is 9. The summed E-state index contributed by atoms with van der Waals surface area (Å²) in [7, 11) is 1.67. The fourth-order valence-electron chi connectivity index (χ4n) is 4.74. The van der Waals surface area contributed by atoms with E-state index < -0.39 is 17.4 Å². The average molecular weight is 506 g/mol. The van der Waals surface area contributed by atoms with E-state index in [-0.39, 0.29) is 30.8 Å². The van der Waals surface area contributed by atoms with Crippen molar-refractivity contribution in [1.82, 2.24) is 20.3 Å². The molecule has 2 fully saturated rings. The maximum Gasteiger partial charge on any atom is 0.319 e. The van der Waals surface area contributed by atoms with E-state index in [1.54, 1.807) is 26.3 Å². The summed E-state index contributed by atoms with van der Waals surface area (Å²) in [6.07, 6.45) is 5.04. The zero-order valence-electron chi connectivity index (χ0n) is 21.1. The molecule has 2 aromatic heterocycles. The predicted octanol–water partition coefficient (Wildman–Crippen LogP) is 1.89. The number of fused-ring (bicyclic) bond motifs is 1. The SMILES string of the molecule is COc1ccnc2c1C(C1CCN(c3cc(C(=O)N[C@H](C)CO)nc(OCC4(C#N)CC4)n3)CC1)=NC2. The highest BCUT2D eigenvalue weighted by Gasteiger charge is 2.44. The average Bonchev–Trinajstić information content (AvgIpc) is 3.60. The van der Waals surface area contributed by atoms with Crippen LogP contribution in [0.3, 0.4) is 0 Å². The first-order valence-corrected chi connectivity index (χ1v) is 12.6. The molecule has 1 aliphatic carbocycles. The molecule has 1 atom stereocenters. The molecule has 0 radical (unpaired) electrons. The monoisotopic (exact) mass is 505 g/mol. The number of hydrogen-bond acceptors (Lipinski definition) is 10. The molecule has 11 heteroatoms. The number of aliphatic imine (C=N–C) groups is 1. The van der Waals surface area contributed by atoms with Crippen LogP contribution in [0.25, 0.3) is 0 Å². The fraction of sp³-hybridized carbons (Fsp3) is 0.538. The predicted molar refractivity (Wildman–Crippen MR) is 135 cm³/mol. The zero-order valence-corrected chi connectivity index (χ0v) is 21.1. The summed E-state index contributed by atoms with van der Waals surface area (Å²) in [5.41, 5.74) is 2.70. The Bertz CT molecular complexity index is 1250. The summed E-state index contributed by atoms with van der Waals surface area (Å²) in [5.74, 6) is 1.26. The Morgan fingerprint density at radius 3 is 2.81 bits per heavy atom. The number of methoxy groups -OCH3 is 1. The summed E-state index contributed by atoms with van der Waals surface area (Å²) in [6, 6.07) is 5.48. The Labute approximate surface area is 215 Å². The van der Waals surface area contributed by atoms with Gasteiger partial charge in [0, 0.05) is 37.3 Å². The second-order valence-electron chi connectivity index (χ2n) is 9.93. The number of nitrogens with one attached hydrogen (secondary N) is 1. The molecule has 0 spiro atoms. The normalized spacial score (nSPS) is 18.9. The van der Waals surface area contributed by atoms with Crippen LogP contribution in [-0.2, 0) is 6.54 Å². The number of anilines is 1. The molecule has 194 valence electrons. The minimum Gasteiger partial charge on any atom is -0.496 e. The third kappa shape index (κ3) is 5.20. The van der Waals surface area contributed by atoms with Crippen LogP contribution >= 0.6 is 0 Å². The summed E-state index contributed by atoms with van der Waals surface area (Å²) in [6.45, 7) is 3.73. The van der Waals surface area contributed by atoms with E-state index in [0.29, 0.717) is 25.5 Å². The van der Waals surface area contributed by atoms with E-state index >= 15 is 0 Å². The number of aliphatic hydroxyl groups is 1. The zero-order chi connectivity index (χ0) is 26.0. The summed E-state index contributed by atoms with van der Waals surface area (Å²) in [4.78, 5) is 33.1. The lowest BCUT2D eigenvalue weighted by Gasteiger charge is -2.33. The van der Waals surface area contributed by atoms with Crippen LogP contribution in [-0.4, -0.2) is 71.1 Å². The van der Waals surface area contributed by atoms with Crippen LogP contribution in [0.1, 0.15) is 54.4 Å². The van der Waals surface area contributed by atoms with Gasteiger partial charge in [-0.2, -0.15) is 15.2 Å². The second-order valence-corrected chi connectivity index (χ2v) is 9.93. The van der Waals surface area contributed by atoms with Gasteiger partial charge < -0.3 is 24.8 Å². The lowest BCUT2D eigenvalue weighted by molar-refractivity contribution is 0.0915. The number of carbonyl (C=O) groups is 1. The molecule has 5 rings (SSSR count). The van der Waals surface area contributed by atoms with E-state index in [9.17, 15) is 15.2 Å². The topological polar surface area (TPSA) is 146 Å². The maximum atomic E-state index is 12.8. The Morgan fingerprint density at radius 1 is 1.35 bits per heavy atom. The smallest absolute Gasteiger partial charge is 0.319 e. The first kappa shape index (κ1) is 24.9. The van der Waals surface area contributed by atoms with Gasteiger partial charge in [-0.15, -0.1) is 0 Å². The quantitative estimate of drug-likeness (QED) is 0.521. The Kier molecular flexibility index (Phi) is 6.93. The molecule has 2 aliphatic heterocycles. The Morgan fingerprint density at radius 2 is 2.14 bits per heavy atom.